The monoisotopic (exact) mass is 330 g/mol. The van der Waals surface area contributed by atoms with Gasteiger partial charge in [-0.25, -0.2) is 0 Å². The molecule has 1 N–H and O–H groups in total. The van der Waals surface area contributed by atoms with E-state index in [1.165, 1.54) is 0 Å². The highest BCUT2D eigenvalue weighted by atomic mass is 79.9. The number of aryl methyl sites for hydroxylation is 2. The fourth-order valence-corrected chi connectivity index (χ4v) is 3.33. The Morgan fingerprint density at radius 1 is 1.58 bits per heavy atom. The molecule has 0 amide bonds. The van der Waals surface area contributed by atoms with Gasteiger partial charge in [0.1, 0.15) is 0 Å². The summed E-state index contributed by atoms with van der Waals surface area (Å²) < 4.78 is 8.60. The zero-order chi connectivity index (χ0) is 14.0. The van der Waals surface area contributed by atoms with Crippen molar-refractivity contribution in [3.05, 3.63) is 15.9 Å². The van der Waals surface area contributed by atoms with E-state index in [0.29, 0.717) is 19.4 Å². The van der Waals surface area contributed by atoms with Crippen LogP contribution in [0.4, 0.5) is 0 Å². The first-order chi connectivity index (χ1) is 8.95. The van der Waals surface area contributed by atoms with E-state index in [1.807, 2.05) is 18.7 Å². The van der Waals surface area contributed by atoms with Gasteiger partial charge in [0.25, 0.3) is 0 Å². The number of ether oxygens (including phenoxy) is 1. The van der Waals surface area contributed by atoms with Crippen LogP contribution < -0.4 is 0 Å². The van der Waals surface area contributed by atoms with E-state index in [-0.39, 0.29) is 6.10 Å². The zero-order valence-corrected chi connectivity index (χ0v) is 13.5. The SMILES string of the molecule is CCCC1CC(O)(Cc2c(Br)c(C)nn2C)CCO1. The first-order valence-electron chi connectivity index (χ1n) is 6.97. The lowest BCUT2D eigenvalue weighted by Gasteiger charge is -2.37. The predicted molar refractivity (Wildman–Crippen MR) is 78.2 cm³/mol. The molecule has 0 aromatic carbocycles. The van der Waals surface area contributed by atoms with Gasteiger partial charge in [-0.15, -0.1) is 0 Å². The molecule has 0 bridgehead atoms. The highest BCUT2D eigenvalue weighted by Gasteiger charge is 2.36. The summed E-state index contributed by atoms with van der Waals surface area (Å²) in [6, 6.07) is 0. The molecule has 108 valence electrons. The number of rotatable bonds is 4. The summed E-state index contributed by atoms with van der Waals surface area (Å²) >= 11 is 3.57. The largest absolute Gasteiger partial charge is 0.389 e. The highest BCUT2D eigenvalue weighted by Crippen LogP contribution is 2.33. The van der Waals surface area contributed by atoms with Crippen LogP contribution >= 0.6 is 15.9 Å². The first kappa shape index (κ1) is 15.0. The van der Waals surface area contributed by atoms with E-state index in [0.717, 1.165) is 35.1 Å². The lowest BCUT2D eigenvalue weighted by Crippen LogP contribution is -2.43. The van der Waals surface area contributed by atoms with E-state index < -0.39 is 5.60 Å². The number of halogens is 1. The van der Waals surface area contributed by atoms with Gasteiger partial charge >= 0.3 is 0 Å². The van der Waals surface area contributed by atoms with Gasteiger partial charge in [-0.2, -0.15) is 5.10 Å². The van der Waals surface area contributed by atoms with Crippen LogP contribution in [0.2, 0.25) is 0 Å². The summed E-state index contributed by atoms with van der Waals surface area (Å²) in [5.41, 5.74) is 1.37. The number of aromatic nitrogens is 2. The smallest absolute Gasteiger partial charge is 0.0749 e. The topological polar surface area (TPSA) is 47.3 Å². The molecule has 0 saturated carbocycles. The lowest BCUT2D eigenvalue weighted by atomic mass is 9.85. The summed E-state index contributed by atoms with van der Waals surface area (Å²) in [4.78, 5) is 0. The molecule has 1 aromatic heterocycles. The molecule has 0 aliphatic carbocycles. The molecule has 1 fully saturated rings. The van der Waals surface area contributed by atoms with Gasteiger partial charge in [-0.1, -0.05) is 13.3 Å². The average molecular weight is 331 g/mol. The molecule has 1 saturated heterocycles. The number of hydrogen-bond donors (Lipinski definition) is 1. The first-order valence-corrected chi connectivity index (χ1v) is 7.76. The van der Waals surface area contributed by atoms with Gasteiger partial charge in [-0.05, 0) is 35.7 Å². The van der Waals surface area contributed by atoms with Crippen molar-refractivity contribution in [1.29, 1.82) is 0 Å². The molecule has 2 atom stereocenters. The third-order valence-corrected chi connectivity index (χ3v) is 4.93. The van der Waals surface area contributed by atoms with Gasteiger partial charge in [0, 0.05) is 26.5 Å². The maximum absolute atomic E-state index is 10.8. The molecule has 1 aromatic rings. The van der Waals surface area contributed by atoms with Crippen molar-refractivity contribution in [2.24, 2.45) is 7.05 Å². The quantitative estimate of drug-likeness (QED) is 0.923. The van der Waals surface area contributed by atoms with Crippen LogP contribution in [-0.4, -0.2) is 33.2 Å². The molecule has 2 heterocycles. The van der Waals surface area contributed by atoms with Crippen molar-refractivity contribution in [3.63, 3.8) is 0 Å². The Labute approximate surface area is 123 Å². The maximum Gasteiger partial charge on any atom is 0.0749 e. The van der Waals surface area contributed by atoms with E-state index in [9.17, 15) is 5.11 Å². The second-order valence-corrected chi connectivity index (χ2v) is 6.40. The minimum Gasteiger partial charge on any atom is -0.389 e. The molecule has 2 rings (SSSR count). The van der Waals surface area contributed by atoms with Gasteiger partial charge in [0.05, 0.1) is 27.6 Å². The summed E-state index contributed by atoms with van der Waals surface area (Å²) in [6.07, 6.45) is 4.36. The lowest BCUT2D eigenvalue weighted by molar-refractivity contribution is -0.105. The van der Waals surface area contributed by atoms with E-state index >= 15 is 0 Å². The summed E-state index contributed by atoms with van der Waals surface area (Å²) in [5, 5.41) is 15.2. The summed E-state index contributed by atoms with van der Waals surface area (Å²) in [6.45, 7) is 4.77. The summed E-state index contributed by atoms with van der Waals surface area (Å²) in [5.74, 6) is 0. The third-order valence-electron chi connectivity index (χ3n) is 3.90. The van der Waals surface area contributed by atoms with Crippen LogP contribution in [-0.2, 0) is 18.2 Å². The van der Waals surface area contributed by atoms with Gasteiger partial charge < -0.3 is 9.84 Å². The number of nitrogens with zero attached hydrogens (tertiary/aromatic N) is 2. The Morgan fingerprint density at radius 3 is 2.89 bits per heavy atom. The molecule has 4 nitrogen and oxygen atoms in total. The molecular weight excluding hydrogens is 308 g/mol. The van der Waals surface area contributed by atoms with Crippen molar-refractivity contribution in [2.45, 2.75) is 57.7 Å². The second-order valence-electron chi connectivity index (χ2n) is 5.61. The van der Waals surface area contributed by atoms with Gasteiger partial charge in [-0.3, -0.25) is 4.68 Å². The fourth-order valence-electron chi connectivity index (χ4n) is 2.85. The van der Waals surface area contributed by atoms with Crippen molar-refractivity contribution in [3.8, 4) is 0 Å². The fraction of sp³-hybridized carbons (Fsp3) is 0.786. The van der Waals surface area contributed by atoms with Gasteiger partial charge in [0.15, 0.2) is 0 Å². The Hall–Kier alpha value is -0.390. The minimum atomic E-state index is -0.666. The Bertz CT molecular complexity index is 445. The molecule has 1 aliphatic heterocycles. The van der Waals surface area contributed by atoms with E-state index in [1.54, 1.807) is 0 Å². The van der Waals surface area contributed by atoms with Crippen LogP contribution in [0.1, 0.15) is 44.0 Å². The number of aliphatic hydroxyl groups is 1. The Balaban J connectivity index is 2.12. The van der Waals surface area contributed by atoms with E-state index in [4.69, 9.17) is 4.74 Å². The molecule has 19 heavy (non-hydrogen) atoms. The van der Waals surface area contributed by atoms with Crippen molar-refractivity contribution < 1.29 is 9.84 Å². The Morgan fingerprint density at radius 2 is 2.32 bits per heavy atom. The molecule has 0 radical (unpaired) electrons. The molecule has 5 heteroatoms. The Kier molecular flexibility index (Phi) is 4.69. The van der Waals surface area contributed by atoms with Crippen molar-refractivity contribution in [2.75, 3.05) is 6.61 Å². The summed E-state index contributed by atoms with van der Waals surface area (Å²) in [7, 11) is 1.93. The van der Waals surface area contributed by atoms with Crippen molar-refractivity contribution >= 4 is 15.9 Å². The minimum absolute atomic E-state index is 0.192. The molecule has 1 aliphatic rings. The normalized spacial score (nSPS) is 27.7. The van der Waals surface area contributed by atoms with Crippen LogP contribution in [0.3, 0.4) is 0 Å². The standard InChI is InChI=1S/C14H23BrN2O2/c1-4-5-11-8-14(18,6-7-19-11)9-12-13(15)10(2)16-17(12)3/h11,18H,4-9H2,1-3H3. The van der Waals surface area contributed by atoms with Crippen molar-refractivity contribution in [1.82, 2.24) is 9.78 Å². The zero-order valence-electron chi connectivity index (χ0n) is 11.9. The van der Waals surface area contributed by atoms with Gasteiger partial charge in [0.2, 0.25) is 0 Å². The molecular formula is C14H23BrN2O2. The molecule has 2 unspecified atom stereocenters. The predicted octanol–water partition coefficient (Wildman–Crippen LogP) is 2.74. The van der Waals surface area contributed by atoms with Crippen LogP contribution in [0.15, 0.2) is 4.47 Å². The maximum atomic E-state index is 10.8. The second kappa shape index (κ2) is 5.94. The average Bonchev–Trinajstić information content (AvgIpc) is 2.56. The van der Waals surface area contributed by atoms with E-state index in [2.05, 4.69) is 28.0 Å². The highest BCUT2D eigenvalue weighted by molar-refractivity contribution is 9.10. The van der Waals surface area contributed by atoms with Crippen LogP contribution in [0.5, 0.6) is 0 Å². The van der Waals surface area contributed by atoms with Crippen LogP contribution in [0, 0.1) is 6.92 Å². The van der Waals surface area contributed by atoms with Crippen LogP contribution in [0.25, 0.3) is 0 Å². The number of hydrogen-bond acceptors (Lipinski definition) is 3. The third kappa shape index (κ3) is 3.38. The molecule has 0 spiro atoms.